The maximum atomic E-state index is 12.3. The predicted octanol–water partition coefficient (Wildman–Crippen LogP) is 4.26. The second-order valence-electron chi connectivity index (χ2n) is 8.62. The summed E-state index contributed by atoms with van der Waals surface area (Å²) in [4.78, 5) is 30.7. The highest BCUT2D eigenvalue weighted by molar-refractivity contribution is 7.19. The zero-order valence-corrected chi connectivity index (χ0v) is 19.9. The van der Waals surface area contributed by atoms with E-state index in [2.05, 4.69) is 21.2 Å². The molecule has 6 nitrogen and oxygen atoms in total. The average molecular weight is 476 g/mol. The van der Waals surface area contributed by atoms with Gasteiger partial charge < -0.3 is 10.6 Å². The molecule has 0 unspecified atom stereocenters. The molecule has 0 spiro atoms. The highest BCUT2D eigenvalue weighted by Gasteiger charge is 2.31. The van der Waals surface area contributed by atoms with Gasteiger partial charge in [-0.2, -0.15) is 0 Å². The Morgan fingerprint density at radius 1 is 1.00 bits per heavy atom. The zero-order chi connectivity index (χ0) is 22.4. The molecule has 1 aliphatic carbocycles. The van der Waals surface area contributed by atoms with Crippen molar-refractivity contribution in [1.29, 1.82) is 0 Å². The summed E-state index contributed by atoms with van der Waals surface area (Å²) in [5.41, 5.74) is 8.23. The van der Waals surface area contributed by atoms with Crippen LogP contribution >= 0.6 is 22.7 Å². The first-order valence-electron chi connectivity index (χ1n) is 11.4. The molecule has 3 aromatic heterocycles. The lowest BCUT2D eigenvalue weighted by Gasteiger charge is -2.39. The van der Waals surface area contributed by atoms with E-state index in [1.165, 1.54) is 22.2 Å². The second kappa shape index (κ2) is 8.52. The van der Waals surface area contributed by atoms with Crippen molar-refractivity contribution >= 4 is 44.6 Å². The number of hydrogen-bond acceptors (Lipinski definition) is 7. The molecule has 1 aromatic carbocycles. The van der Waals surface area contributed by atoms with Gasteiger partial charge in [-0.15, -0.1) is 22.7 Å². The predicted molar refractivity (Wildman–Crippen MR) is 135 cm³/mol. The molecule has 33 heavy (non-hydrogen) atoms. The smallest absolute Gasteiger partial charge is 0.239 e. The fourth-order valence-electron chi connectivity index (χ4n) is 5.10. The van der Waals surface area contributed by atoms with Gasteiger partial charge in [0.2, 0.25) is 5.91 Å². The molecule has 0 bridgehead atoms. The van der Waals surface area contributed by atoms with Gasteiger partial charge in [0.15, 0.2) is 5.82 Å². The number of rotatable bonds is 5. The van der Waals surface area contributed by atoms with Crippen molar-refractivity contribution in [2.24, 2.45) is 5.73 Å². The van der Waals surface area contributed by atoms with Gasteiger partial charge in [0.05, 0.1) is 10.3 Å². The van der Waals surface area contributed by atoms with Crippen molar-refractivity contribution in [3.8, 4) is 10.7 Å². The topological polar surface area (TPSA) is 75.4 Å². The van der Waals surface area contributed by atoms with E-state index < -0.39 is 6.04 Å². The lowest BCUT2D eigenvalue weighted by Crippen LogP contribution is -2.50. The number of nitrogens with two attached hydrogens (primary N) is 1. The van der Waals surface area contributed by atoms with Crippen molar-refractivity contribution < 1.29 is 4.79 Å². The van der Waals surface area contributed by atoms with E-state index in [0.717, 1.165) is 65.9 Å². The first kappa shape index (κ1) is 20.8. The maximum Gasteiger partial charge on any atom is 0.239 e. The Kier molecular flexibility index (Phi) is 5.36. The van der Waals surface area contributed by atoms with Gasteiger partial charge in [0.25, 0.3) is 0 Å². The van der Waals surface area contributed by atoms with E-state index in [1.54, 1.807) is 11.3 Å². The Hall–Kier alpha value is -2.81. The first-order valence-corrected chi connectivity index (χ1v) is 13.1. The van der Waals surface area contributed by atoms with E-state index in [9.17, 15) is 4.79 Å². The van der Waals surface area contributed by atoms with Gasteiger partial charge in [-0.05, 0) is 41.8 Å². The van der Waals surface area contributed by atoms with E-state index in [0.29, 0.717) is 0 Å². The van der Waals surface area contributed by atoms with Crippen LogP contribution in [0.15, 0.2) is 47.8 Å². The lowest BCUT2D eigenvalue weighted by atomic mass is 10.0. The number of amides is 1. The summed E-state index contributed by atoms with van der Waals surface area (Å²) < 4.78 is 0. The molecule has 4 aromatic rings. The molecule has 1 amide bonds. The normalized spacial score (nSPS) is 17.4. The van der Waals surface area contributed by atoms with E-state index in [-0.39, 0.29) is 5.91 Å². The van der Waals surface area contributed by atoms with Crippen LogP contribution in [0.25, 0.3) is 20.9 Å². The van der Waals surface area contributed by atoms with Crippen molar-refractivity contribution in [1.82, 2.24) is 14.9 Å². The third kappa shape index (κ3) is 3.72. The third-order valence-electron chi connectivity index (χ3n) is 6.65. The largest absolute Gasteiger partial charge is 0.368 e. The van der Waals surface area contributed by atoms with Crippen LogP contribution in [0.4, 0.5) is 5.82 Å². The van der Waals surface area contributed by atoms with Crippen molar-refractivity contribution in [3.05, 3.63) is 63.8 Å². The van der Waals surface area contributed by atoms with Gasteiger partial charge in [0.1, 0.15) is 16.7 Å². The number of carbonyl (C=O) groups excluding carboxylic acids is 1. The number of aromatic nitrogens is 2. The molecule has 4 heterocycles. The third-order valence-corrected chi connectivity index (χ3v) is 8.70. The number of primary amides is 1. The zero-order valence-electron chi connectivity index (χ0n) is 18.2. The van der Waals surface area contributed by atoms with Gasteiger partial charge in [-0.1, -0.05) is 36.4 Å². The molecule has 1 saturated heterocycles. The fraction of sp³-hybridized carbons (Fsp3) is 0.320. The van der Waals surface area contributed by atoms with Crippen LogP contribution < -0.4 is 10.6 Å². The summed E-state index contributed by atoms with van der Waals surface area (Å²) in [6.07, 6.45) is 3.48. The molecule has 6 rings (SSSR count). The lowest BCUT2D eigenvalue weighted by molar-refractivity contribution is -0.123. The molecule has 2 aliphatic rings. The summed E-state index contributed by atoms with van der Waals surface area (Å²) in [6.45, 7) is 3.12. The molecule has 1 aliphatic heterocycles. The fourth-order valence-corrected chi connectivity index (χ4v) is 7.02. The molecule has 1 atom stereocenters. The molecule has 8 heteroatoms. The number of thiophene rings is 2. The van der Waals surface area contributed by atoms with Crippen molar-refractivity contribution in [2.45, 2.75) is 25.3 Å². The maximum absolute atomic E-state index is 12.3. The first-order chi connectivity index (χ1) is 16.2. The quantitative estimate of drug-likeness (QED) is 0.467. The average Bonchev–Trinajstić information content (AvgIpc) is 3.57. The summed E-state index contributed by atoms with van der Waals surface area (Å²) in [6, 6.07) is 13.6. The van der Waals surface area contributed by atoms with Gasteiger partial charge in [0, 0.05) is 31.1 Å². The second-order valence-corrected chi connectivity index (χ2v) is 10.7. The minimum absolute atomic E-state index is 0.297. The van der Waals surface area contributed by atoms with E-state index in [1.807, 2.05) is 47.7 Å². The molecule has 168 valence electrons. The highest BCUT2D eigenvalue weighted by atomic mass is 32.1. The van der Waals surface area contributed by atoms with Crippen molar-refractivity contribution in [3.63, 3.8) is 0 Å². The molecule has 0 radical (unpaired) electrons. The monoisotopic (exact) mass is 475 g/mol. The number of benzene rings is 1. The molecule has 1 fully saturated rings. The number of carbonyl (C=O) groups is 1. The molecule has 0 saturated carbocycles. The highest BCUT2D eigenvalue weighted by Crippen LogP contribution is 2.42. The number of aryl methyl sites for hydroxylation is 2. The van der Waals surface area contributed by atoms with Gasteiger partial charge in [-0.3, -0.25) is 9.69 Å². The Bertz CT molecular complexity index is 1290. The van der Waals surface area contributed by atoms with Gasteiger partial charge >= 0.3 is 0 Å². The summed E-state index contributed by atoms with van der Waals surface area (Å²) in [5, 5.41) is 3.32. The van der Waals surface area contributed by atoms with Crippen LogP contribution in [0, 0.1) is 0 Å². The van der Waals surface area contributed by atoms with Crippen LogP contribution in [0.5, 0.6) is 0 Å². The Morgan fingerprint density at radius 3 is 2.55 bits per heavy atom. The molecular weight excluding hydrogens is 450 g/mol. The van der Waals surface area contributed by atoms with Crippen LogP contribution in [0.3, 0.4) is 0 Å². The van der Waals surface area contributed by atoms with Crippen LogP contribution in [0.2, 0.25) is 0 Å². The molecular formula is C25H25N5OS2. The number of piperazine rings is 1. The standard InChI is InChI=1S/C25H25N5OS2/c26-22(31)21(16-6-2-1-3-7-16)29-11-13-30(14-12-29)24-20-17-8-4-9-18(17)33-25(20)28-23(27-24)19-10-5-15-32-19/h1-3,5-7,10,15,21H,4,8-9,11-14H2,(H2,26,31)/t21-/m0/s1. The Balaban J connectivity index is 1.33. The minimum atomic E-state index is -0.397. The summed E-state index contributed by atoms with van der Waals surface area (Å²) in [5.74, 6) is 1.57. The number of fused-ring (bicyclic) bond motifs is 3. The Morgan fingerprint density at radius 2 is 1.82 bits per heavy atom. The summed E-state index contributed by atoms with van der Waals surface area (Å²) >= 11 is 3.52. The number of anilines is 1. The van der Waals surface area contributed by atoms with Crippen LogP contribution in [-0.2, 0) is 17.6 Å². The minimum Gasteiger partial charge on any atom is -0.368 e. The van der Waals surface area contributed by atoms with Gasteiger partial charge in [-0.25, -0.2) is 9.97 Å². The van der Waals surface area contributed by atoms with E-state index in [4.69, 9.17) is 15.7 Å². The van der Waals surface area contributed by atoms with Crippen LogP contribution in [0.1, 0.15) is 28.5 Å². The molecule has 2 N–H and O–H groups in total. The SMILES string of the molecule is NC(=O)[C@H](c1ccccc1)N1CCN(c2nc(-c3cccs3)nc3sc4c(c23)CCC4)CC1. The van der Waals surface area contributed by atoms with Crippen LogP contribution in [-0.4, -0.2) is 47.0 Å². The summed E-state index contributed by atoms with van der Waals surface area (Å²) in [7, 11) is 0. The van der Waals surface area contributed by atoms with Crippen molar-refractivity contribution in [2.75, 3.05) is 31.1 Å². The van der Waals surface area contributed by atoms with E-state index >= 15 is 0 Å². The number of nitrogens with zero attached hydrogens (tertiary/aromatic N) is 4. The number of hydrogen-bond donors (Lipinski definition) is 1. The Labute approximate surface area is 200 Å².